The van der Waals surface area contributed by atoms with Crippen LogP contribution >= 0.6 is 0 Å². The first-order valence-electron chi connectivity index (χ1n) is 8.31. The normalized spacial score (nSPS) is 21.7. The molecule has 1 fully saturated rings. The molecule has 0 N–H and O–H groups in total. The van der Waals surface area contributed by atoms with Crippen LogP contribution < -0.4 is 0 Å². The van der Waals surface area contributed by atoms with Gasteiger partial charge < -0.3 is 13.8 Å². The number of para-hydroxylation sites is 1. The first-order chi connectivity index (χ1) is 11.4. The van der Waals surface area contributed by atoms with Gasteiger partial charge in [0.1, 0.15) is 0 Å². The minimum atomic E-state index is 0.0456. The van der Waals surface area contributed by atoms with Crippen LogP contribution in [0.5, 0.6) is 0 Å². The first-order valence-corrected chi connectivity index (χ1v) is 8.31. The van der Waals surface area contributed by atoms with E-state index in [9.17, 15) is 0 Å². The molecule has 1 aliphatic rings. The Kier molecular flexibility index (Phi) is 3.46. The maximum Gasteiger partial charge on any atom is 0.260 e. The highest BCUT2D eigenvalue weighted by molar-refractivity contribution is 5.89. The van der Waals surface area contributed by atoms with Crippen molar-refractivity contribution in [1.29, 1.82) is 0 Å². The lowest BCUT2D eigenvalue weighted by Crippen LogP contribution is -2.30. The Balaban J connectivity index is 1.74. The van der Waals surface area contributed by atoms with Crippen LogP contribution in [0.2, 0.25) is 0 Å². The Hall–Kier alpha value is -2.21. The number of ether oxygens (including phenoxy) is 1. The summed E-state index contributed by atoms with van der Waals surface area (Å²) in [4.78, 5) is 9.08. The molecule has 0 radical (unpaired) electrons. The highest BCUT2D eigenvalue weighted by atomic mass is 16.5. The zero-order valence-corrected chi connectivity index (χ0v) is 14.5. The molecule has 3 heterocycles. The molecule has 0 saturated carbocycles. The summed E-state index contributed by atoms with van der Waals surface area (Å²) in [6.07, 6.45) is 2.83. The van der Waals surface area contributed by atoms with Crippen LogP contribution in [0.15, 0.2) is 29.0 Å². The Morgan fingerprint density at radius 3 is 2.88 bits per heavy atom. The first kappa shape index (κ1) is 15.3. The molecule has 0 spiro atoms. The van der Waals surface area contributed by atoms with Crippen LogP contribution in [-0.2, 0) is 11.8 Å². The van der Waals surface area contributed by atoms with Gasteiger partial charge in [-0.15, -0.1) is 0 Å². The summed E-state index contributed by atoms with van der Waals surface area (Å²) in [5.41, 5.74) is 2.89. The van der Waals surface area contributed by atoms with Gasteiger partial charge in [0.15, 0.2) is 5.82 Å². The number of hydrogen-bond donors (Lipinski definition) is 0. The van der Waals surface area contributed by atoms with Crippen LogP contribution in [0, 0.1) is 5.41 Å². The minimum absolute atomic E-state index is 0.0456. The predicted molar refractivity (Wildman–Crippen MR) is 90.6 cm³/mol. The Morgan fingerprint density at radius 2 is 2.08 bits per heavy atom. The van der Waals surface area contributed by atoms with Gasteiger partial charge in [-0.05, 0) is 24.0 Å². The van der Waals surface area contributed by atoms with Crippen molar-refractivity contribution in [1.82, 2.24) is 19.7 Å². The second-order valence-corrected chi connectivity index (χ2v) is 7.54. The number of imidazole rings is 1. The number of aryl methyl sites for hydroxylation is 1. The molecule has 24 heavy (non-hydrogen) atoms. The molecule has 0 bridgehead atoms. The molecule has 1 aliphatic heterocycles. The van der Waals surface area contributed by atoms with E-state index in [0.29, 0.717) is 5.89 Å². The van der Waals surface area contributed by atoms with Crippen molar-refractivity contribution in [3.05, 3.63) is 30.4 Å². The van der Waals surface area contributed by atoms with Gasteiger partial charge in [0.25, 0.3) is 5.89 Å². The van der Waals surface area contributed by atoms with Gasteiger partial charge in [-0.25, -0.2) is 4.98 Å². The zero-order valence-electron chi connectivity index (χ0n) is 14.5. The lowest BCUT2D eigenvalue weighted by Gasteiger charge is -2.29. The fourth-order valence-electron chi connectivity index (χ4n) is 3.59. The van der Waals surface area contributed by atoms with Crippen molar-refractivity contribution in [2.45, 2.75) is 39.2 Å². The number of fused-ring (bicyclic) bond motifs is 1. The van der Waals surface area contributed by atoms with E-state index >= 15 is 0 Å². The van der Waals surface area contributed by atoms with E-state index in [4.69, 9.17) is 14.2 Å². The van der Waals surface area contributed by atoms with Gasteiger partial charge >= 0.3 is 0 Å². The van der Waals surface area contributed by atoms with E-state index in [1.165, 1.54) is 0 Å². The standard InChI is InChI=1S/C18H22N4O2/c1-18(2,3)15-12(8-9-23-15)16-20-17(24-21-16)11-6-5-7-13-14(11)22(4)10-19-13/h5-7,10,12,15H,8-9H2,1-4H3/t12-,15-/m1/s1. The van der Waals surface area contributed by atoms with Gasteiger partial charge in [-0.1, -0.05) is 32.0 Å². The Bertz CT molecular complexity index is 875. The summed E-state index contributed by atoms with van der Waals surface area (Å²) in [7, 11) is 1.97. The topological polar surface area (TPSA) is 66.0 Å². The van der Waals surface area contributed by atoms with Crippen molar-refractivity contribution in [2.24, 2.45) is 12.5 Å². The summed E-state index contributed by atoms with van der Waals surface area (Å²) < 4.78 is 13.5. The van der Waals surface area contributed by atoms with Crippen molar-refractivity contribution < 1.29 is 9.26 Å². The van der Waals surface area contributed by atoms with Crippen LogP contribution in [0.3, 0.4) is 0 Å². The molecule has 0 amide bonds. The third kappa shape index (κ3) is 2.41. The maximum absolute atomic E-state index is 5.94. The van der Waals surface area contributed by atoms with Crippen molar-refractivity contribution in [2.75, 3.05) is 6.61 Å². The van der Waals surface area contributed by atoms with Gasteiger partial charge in [-0.3, -0.25) is 0 Å². The van der Waals surface area contributed by atoms with Gasteiger partial charge in [0.05, 0.1) is 34.9 Å². The van der Waals surface area contributed by atoms with E-state index < -0.39 is 0 Å². The van der Waals surface area contributed by atoms with E-state index in [2.05, 4.69) is 30.9 Å². The largest absolute Gasteiger partial charge is 0.377 e. The monoisotopic (exact) mass is 326 g/mol. The van der Waals surface area contributed by atoms with Crippen molar-refractivity contribution in [3.63, 3.8) is 0 Å². The molecular weight excluding hydrogens is 304 g/mol. The third-order valence-corrected chi connectivity index (χ3v) is 4.69. The van der Waals surface area contributed by atoms with Crippen LogP contribution in [0.25, 0.3) is 22.5 Å². The third-order valence-electron chi connectivity index (χ3n) is 4.69. The molecule has 6 nitrogen and oxygen atoms in total. The molecule has 4 rings (SSSR count). The lowest BCUT2D eigenvalue weighted by atomic mass is 9.81. The van der Waals surface area contributed by atoms with Crippen LogP contribution in [-0.4, -0.2) is 32.4 Å². The summed E-state index contributed by atoms with van der Waals surface area (Å²) >= 11 is 0. The second-order valence-electron chi connectivity index (χ2n) is 7.54. The van der Waals surface area contributed by atoms with E-state index in [1.54, 1.807) is 6.33 Å². The number of rotatable bonds is 2. The molecule has 126 valence electrons. The maximum atomic E-state index is 5.94. The SMILES string of the molecule is Cn1cnc2cccc(-c3nc([C@@H]4CCO[C@H]4C(C)(C)C)no3)c21. The summed E-state index contributed by atoms with van der Waals surface area (Å²) in [5.74, 6) is 1.45. The molecular formula is C18H22N4O2. The number of hydrogen-bond acceptors (Lipinski definition) is 5. The molecule has 0 aliphatic carbocycles. The summed E-state index contributed by atoms with van der Waals surface area (Å²) in [6.45, 7) is 7.31. The van der Waals surface area contributed by atoms with E-state index in [1.807, 2.05) is 29.8 Å². The smallest absolute Gasteiger partial charge is 0.260 e. The van der Waals surface area contributed by atoms with Crippen LogP contribution in [0.4, 0.5) is 0 Å². The molecule has 2 aromatic heterocycles. The van der Waals surface area contributed by atoms with Crippen molar-refractivity contribution in [3.8, 4) is 11.5 Å². The van der Waals surface area contributed by atoms with E-state index in [-0.39, 0.29) is 17.4 Å². The van der Waals surface area contributed by atoms with Gasteiger partial charge in [0, 0.05) is 13.7 Å². The molecule has 6 heteroatoms. The second kappa shape index (κ2) is 5.41. The highest BCUT2D eigenvalue weighted by Crippen LogP contribution is 2.40. The predicted octanol–water partition coefficient (Wildman–Crippen LogP) is 3.54. The van der Waals surface area contributed by atoms with E-state index in [0.717, 1.165) is 35.4 Å². The highest BCUT2D eigenvalue weighted by Gasteiger charge is 2.40. The fourth-order valence-corrected chi connectivity index (χ4v) is 3.59. The zero-order chi connectivity index (χ0) is 16.9. The summed E-state index contributed by atoms with van der Waals surface area (Å²) in [6, 6.07) is 5.94. The molecule has 0 unspecified atom stereocenters. The number of aromatic nitrogens is 4. The molecule has 3 aromatic rings. The summed E-state index contributed by atoms with van der Waals surface area (Å²) in [5, 5.41) is 4.26. The van der Waals surface area contributed by atoms with Gasteiger partial charge in [-0.2, -0.15) is 4.98 Å². The lowest BCUT2D eigenvalue weighted by molar-refractivity contribution is 0.0193. The number of benzene rings is 1. The quantitative estimate of drug-likeness (QED) is 0.720. The average Bonchev–Trinajstić information content (AvgIpc) is 3.25. The van der Waals surface area contributed by atoms with Crippen molar-refractivity contribution >= 4 is 11.0 Å². The minimum Gasteiger partial charge on any atom is -0.377 e. The Morgan fingerprint density at radius 1 is 1.25 bits per heavy atom. The molecule has 1 aromatic carbocycles. The van der Waals surface area contributed by atoms with Crippen LogP contribution in [0.1, 0.15) is 38.9 Å². The fraction of sp³-hybridized carbons (Fsp3) is 0.500. The number of nitrogens with zero attached hydrogens (tertiary/aromatic N) is 4. The van der Waals surface area contributed by atoms with Gasteiger partial charge in [0.2, 0.25) is 0 Å². The molecule has 2 atom stereocenters. The Labute approximate surface area is 140 Å². The molecule has 1 saturated heterocycles. The average molecular weight is 326 g/mol.